The lowest BCUT2D eigenvalue weighted by atomic mass is 10.0. The molecule has 1 N–H and O–H groups in total. The molecule has 16 heavy (non-hydrogen) atoms. The predicted octanol–water partition coefficient (Wildman–Crippen LogP) is 3.77. The molecule has 0 aromatic heterocycles. The molecule has 0 radical (unpaired) electrons. The standard InChI is InChI=1S/C14H20N2/c1-4-12(9-15)10-16-14-8-6-5-7-13(14)11(2)3/h5-8,11-12,16H,4,10H2,1-3H3. The second kappa shape index (κ2) is 6.17. The lowest BCUT2D eigenvalue weighted by molar-refractivity contribution is 0.673. The number of para-hydroxylation sites is 1. The molecule has 0 heterocycles. The molecule has 0 aliphatic rings. The van der Waals surface area contributed by atoms with Gasteiger partial charge in [-0.1, -0.05) is 39.0 Å². The first-order valence-corrected chi connectivity index (χ1v) is 5.91. The summed E-state index contributed by atoms with van der Waals surface area (Å²) in [6, 6.07) is 10.6. The van der Waals surface area contributed by atoms with Gasteiger partial charge in [-0.25, -0.2) is 0 Å². The van der Waals surface area contributed by atoms with E-state index < -0.39 is 0 Å². The Morgan fingerprint density at radius 3 is 2.56 bits per heavy atom. The Labute approximate surface area is 98.3 Å². The molecule has 1 aromatic carbocycles. The molecule has 0 spiro atoms. The predicted molar refractivity (Wildman–Crippen MR) is 68.4 cm³/mol. The summed E-state index contributed by atoms with van der Waals surface area (Å²) in [6.07, 6.45) is 0.896. The molecule has 0 saturated heterocycles. The lowest BCUT2D eigenvalue weighted by Gasteiger charge is -2.15. The third-order valence-corrected chi connectivity index (χ3v) is 2.80. The Kier molecular flexibility index (Phi) is 4.85. The van der Waals surface area contributed by atoms with Gasteiger partial charge in [-0.05, 0) is 24.0 Å². The fraction of sp³-hybridized carbons (Fsp3) is 0.500. The molecule has 0 bridgehead atoms. The van der Waals surface area contributed by atoms with Crippen LogP contribution in [0.1, 0.15) is 38.7 Å². The van der Waals surface area contributed by atoms with Crippen molar-refractivity contribution in [1.29, 1.82) is 5.26 Å². The molecule has 2 nitrogen and oxygen atoms in total. The first kappa shape index (κ1) is 12.6. The normalized spacial score (nSPS) is 12.2. The van der Waals surface area contributed by atoms with Crippen LogP contribution in [0.2, 0.25) is 0 Å². The Balaban J connectivity index is 2.70. The van der Waals surface area contributed by atoms with Crippen molar-refractivity contribution in [3.8, 4) is 6.07 Å². The number of benzene rings is 1. The van der Waals surface area contributed by atoms with Crippen LogP contribution in [-0.2, 0) is 0 Å². The molecule has 1 unspecified atom stereocenters. The highest BCUT2D eigenvalue weighted by atomic mass is 14.9. The zero-order chi connectivity index (χ0) is 12.0. The van der Waals surface area contributed by atoms with Crippen LogP contribution in [0, 0.1) is 17.2 Å². The fourth-order valence-corrected chi connectivity index (χ4v) is 1.68. The van der Waals surface area contributed by atoms with Gasteiger partial charge in [0.1, 0.15) is 0 Å². The maximum Gasteiger partial charge on any atom is 0.0674 e. The van der Waals surface area contributed by atoms with Gasteiger partial charge in [0.15, 0.2) is 0 Å². The average molecular weight is 216 g/mol. The average Bonchev–Trinajstić information content (AvgIpc) is 2.30. The maximum atomic E-state index is 8.89. The van der Waals surface area contributed by atoms with Gasteiger partial charge in [0.2, 0.25) is 0 Å². The number of nitriles is 1. The smallest absolute Gasteiger partial charge is 0.0674 e. The van der Waals surface area contributed by atoms with Gasteiger partial charge in [0.05, 0.1) is 12.0 Å². The van der Waals surface area contributed by atoms with Gasteiger partial charge >= 0.3 is 0 Å². The summed E-state index contributed by atoms with van der Waals surface area (Å²) in [6.45, 7) is 7.14. The third-order valence-electron chi connectivity index (χ3n) is 2.80. The highest BCUT2D eigenvalue weighted by Gasteiger charge is 2.08. The molecular weight excluding hydrogens is 196 g/mol. The van der Waals surface area contributed by atoms with Crippen molar-refractivity contribution in [1.82, 2.24) is 0 Å². The SMILES string of the molecule is CCC(C#N)CNc1ccccc1C(C)C. The number of hydrogen-bond donors (Lipinski definition) is 1. The van der Waals surface area contributed by atoms with E-state index >= 15 is 0 Å². The largest absolute Gasteiger partial charge is 0.383 e. The van der Waals surface area contributed by atoms with E-state index in [4.69, 9.17) is 5.26 Å². The van der Waals surface area contributed by atoms with Crippen LogP contribution in [-0.4, -0.2) is 6.54 Å². The van der Waals surface area contributed by atoms with Crippen molar-refractivity contribution < 1.29 is 0 Å². The number of rotatable bonds is 5. The zero-order valence-electron chi connectivity index (χ0n) is 10.3. The number of anilines is 1. The van der Waals surface area contributed by atoms with Gasteiger partial charge in [0, 0.05) is 12.2 Å². The van der Waals surface area contributed by atoms with Crippen molar-refractivity contribution in [3.63, 3.8) is 0 Å². The molecule has 0 amide bonds. The van der Waals surface area contributed by atoms with Crippen molar-refractivity contribution in [2.75, 3.05) is 11.9 Å². The summed E-state index contributed by atoms with van der Waals surface area (Å²) in [7, 11) is 0. The van der Waals surface area contributed by atoms with Crippen LogP contribution in [0.5, 0.6) is 0 Å². The molecular formula is C14H20N2. The number of nitrogens with one attached hydrogen (secondary N) is 1. The Morgan fingerprint density at radius 1 is 1.31 bits per heavy atom. The monoisotopic (exact) mass is 216 g/mol. The number of nitrogens with zero attached hydrogens (tertiary/aromatic N) is 1. The number of hydrogen-bond acceptors (Lipinski definition) is 2. The van der Waals surface area contributed by atoms with Crippen LogP contribution in [0.4, 0.5) is 5.69 Å². The van der Waals surface area contributed by atoms with E-state index in [2.05, 4.69) is 43.4 Å². The summed E-state index contributed by atoms with van der Waals surface area (Å²) in [5, 5.41) is 12.3. The van der Waals surface area contributed by atoms with E-state index in [0.29, 0.717) is 5.92 Å². The summed E-state index contributed by atoms with van der Waals surface area (Å²) < 4.78 is 0. The van der Waals surface area contributed by atoms with Gasteiger partial charge in [-0.3, -0.25) is 0 Å². The van der Waals surface area contributed by atoms with Crippen LogP contribution in [0.25, 0.3) is 0 Å². The van der Waals surface area contributed by atoms with Gasteiger partial charge in [-0.15, -0.1) is 0 Å². The van der Waals surface area contributed by atoms with Crippen molar-refractivity contribution in [2.24, 2.45) is 5.92 Å². The van der Waals surface area contributed by atoms with E-state index in [-0.39, 0.29) is 5.92 Å². The van der Waals surface area contributed by atoms with E-state index in [1.165, 1.54) is 5.56 Å². The fourth-order valence-electron chi connectivity index (χ4n) is 1.68. The molecule has 0 aliphatic carbocycles. The highest BCUT2D eigenvalue weighted by molar-refractivity contribution is 5.52. The Morgan fingerprint density at radius 2 is 2.00 bits per heavy atom. The van der Waals surface area contributed by atoms with Crippen LogP contribution >= 0.6 is 0 Å². The van der Waals surface area contributed by atoms with Crippen molar-refractivity contribution in [2.45, 2.75) is 33.1 Å². The molecule has 2 heteroatoms. The highest BCUT2D eigenvalue weighted by Crippen LogP contribution is 2.23. The minimum absolute atomic E-state index is 0.0974. The molecule has 1 atom stereocenters. The molecule has 1 rings (SSSR count). The lowest BCUT2D eigenvalue weighted by Crippen LogP contribution is -2.13. The topological polar surface area (TPSA) is 35.8 Å². The summed E-state index contributed by atoms with van der Waals surface area (Å²) in [5.74, 6) is 0.603. The summed E-state index contributed by atoms with van der Waals surface area (Å²) >= 11 is 0. The second-order valence-electron chi connectivity index (χ2n) is 4.36. The molecule has 86 valence electrons. The Hall–Kier alpha value is -1.49. The first-order chi connectivity index (χ1) is 7.69. The van der Waals surface area contributed by atoms with E-state index in [9.17, 15) is 0 Å². The molecule has 0 aliphatic heterocycles. The Bertz CT molecular complexity index is 363. The van der Waals surface area contributed by atoms with Crippen molar-refractivity contribution in [3.05, 3.63) is 29.8 Å². The second-order valence-corrected chi connectivity index (χ2v) is 4.36. The van der Waals surface area contributed by atoms with E-state index in [1.54, 1.807) is 0 Å². The summed E-state index contributed by atoms with van der Waals surface area (Å²) in [5.41, 5.74) is 2.47. The minimum atomic E-state index is 0.0974. The first-order valence-electron chi connectivity index (χ1n) is 5.91. The van der Waals surface area contributed by atoms with Gasteiger partial charge in [0.25, 0.3) is 0 Å². The minimum Gasteiger partial charge on any atom is -0.383 e. The van der Waals surface area contributed by atoms with Crippen LogP contribution < -0.4 is 5.32 Å². The quantitative estimate of drug-likeness (QED) is 0.813. The molecule has 1 aromatic rings. The van der Waals surface area contributed by atoms with E-state index in [0.717, 1.165) is 18.7 Å². The van der Waals surface area contributed by atoms with Crippen LogP contribution in [0.3, 0.4) is 0 Å². The zero-order valence-corrected chi connectivity index (χ0v) is 10.3. The van der Waals surface area contributed by atoms with Gasteiger partial charge in [-0.2, -0.15) is 5.26 Å². The van der Waals surface area contributed by atoms with Crippen molar-refractivity contribution >= 4 is 5.69 Å². The summed E-state index contributed by atoms with van der Waals surface area (Å²) in [4.78, 5) is 0. The molecule has 0 saturated carbocycles. The third kappa shape index (κ3) is 3.27. The van der Waals surface area contributed by atoms with E-state index in [1.807, 2.05) is 13.0 Å². The van der Waals surface area contributed by atoms with Gasteiger partial charge < -0.3 is 5.32 Å². The maximum absolute atomic E-state index is 8.89. The molecule has 0 fully saturated rings. The van der Waals surface area contributed by atoms with Crippen LogP contribution in [0.15, 0.2) is 24.3 Å².